The molecule has 0 amide bonds. The highest BCUT2D eigenvalue weighted by molar-refractivity contribution is 5.82. The van der Waals surface area contributed by atoms with Gasteiger partial charge in [-0.2, -0.15) is 0 Å². The van der Waals surface area contributed by atoms with Crippen molar-refractivity contribution >= 4 is 5.97 Å². The largest absolute Gasteiger partial charge is 0.467 e. The number of fused-ring (bicyclic) bond motifs is 1. The zero-order chi connectivity index (χ0) is 8.11. The van der Waals surface area contributed by atoms with Crippen molar-refractivity contribution in [3.8, 4) is 0 Å². The summed E-state index contributed by atoms with van der Waals surface area (Å²) in [6.45, 7) is 0.488. The zero-order valence-electron chi connectivity index (χ0n) is 6.42. The van der Waals surface area contributed by atoms with Gasteiger partial charge in [0.25, 0.3) is 0 Å². The molecule has 2 saturated heterocycles. The molecule has 2 heterocycles. The van der Waals surface area contributed by atoms with Gasteiger partial charge in [0.15, 0.2) is 5.60 Å². The molecule has 4 nitrogen and oxygen atoms in total. The van der Waals surface area contributed by atoms with Crippen molar-refractivity contribution in [1.82, 2.24) is 0 Å². The van der Waals surface area contributed by atoms with Crippen LogP contribution in [0.15, 0.2) is 0 Å². The average Bonchev–Trinajstić information content (AvgIpc) is 2.40. The fourth-order valence-electron chi connectivity index (χ4n) is 1.96. The van der Waals surface area contributed by atoms with E-state index < -0.39 is 5.60 Å². The summed E-state index contributed by atoms with van der Waals surface area (Å²) in [5, 5.41) is 0. The number of esters is 1. The Hall–Kier alpha value is -0.610. The quantitative estimate of drug-likeness (QED) is 0.517. The first kappa shape index (κ1) is 7.06. The van der Waals surface area contributed by atoms with Gasteiger partial charge >= 0.3 is 5.97 Å². The third-order valence-corrected chi connectivity index (χ3v) is 2.47. The Morgan fingerprint density at radius 2 is 2.27 bits per heavy atom. The molecule has 1 saturated carbocycles. The van der Waals surface area contributed by atoms with Crippen LogP contribution in [0.2, 0.25) is 0 Å². The predicted molar refractivity (Wildman–Crippen MR) is 36.9 cm³/mol. The fraction of sp³-hybridized carbons (Fsp3) is 0.857. The van der Waals surface area contributed by atoms with E-state index in [1.165, 1.54) is 7.11 Å². The molecule has 3 rings (SSSR count). The Morgan fingerprint density at radius 1 is 1.64 bits per heavy atom. The highest BCUT2D eigenvalue weighted by atomic mass is 16.6. The van der Waals surface area contributed by atoms with Gasteiger partial charge in [0.05, 0.1) is 13.7 Å². The Labute approximate surface area is 64.6 Å². The lowest BCUT2D eigenvalue weighted by molar-refractivity contribution is -0.166. The smallest absolute Gasteiger partial charge is 0.338 e. The van der Waals surface area contributed by atoms with E-state index in [9.17, 15) is 4.79 Å². The molecule has 3 aliphatic rings. The lowest BCUT2D eigenvalue weighted by atomic mass is 9.69. The molecule has 1 aliphatic carbocycles. The van der Waals surface area contributed by atoms with Crippen molar-refractivity contribution in [3.05, 3.63) is 0 Å². The van der Waals surface area contributed by atoms with E-state index in [1.54, 1.807) is 0 Å². The van der Waals surface area contributed by atoms with Crippen molar-refractivity contribution in [2.75, 3.05) is 13.7 Å². The van der Waals surface area contributed by atoms with Gasteiger partial charge in [-0.15, -0.1) is 0 Å². The van der Waals surface area contributed by atoms with E-state index in [0.717, 1.165) is 0 Å². The lowest BCUT2D eigenvalue weighted by Crippen LogP contribution is -2.59. The SMILES string of the molecule is COC(=O)C12CC(N)(CO1)C2. The Kier molecular flexibility index (Phi) is 1.13. The van der Waals surface area contributed by atoms with Crippen LogP contribution in [0.3, 0.4) is 0 Å². The molecule has 0 aromatic carbocycles. The van der Waals surface area contributed by atoms with Crippen molar-refractivity contribution in [1.29, 1.82) is 0 Å². The molecule has 2 aliphatic heterocycles. The van der Waals surface area contributed by atoms with Crippen molar-refractivity contribution in [2.24, 2.45) is 5.73 Å². The molecular weight excluding hydrogens is 146 g/mol. The van der Waals surface area contributed by atoms with Crippen LogP contribution in [0.25, 0.3) is 0 Å². The van der Waals surface area contributed by atoms with E-state index in [4.69, 9.17) is 10.5 Å². The lowest BCUT2D eigenvalue weighted by Gasteiger charge is -2.39. The molecule has 0 unspecified atom stereocenters. The second-order valence-corrected chi connectivity index (χ2v) is 3.49. The first-order valence-corrected chi connectivity index (χ1v) is 3.62. The number of ether oxygens (including phenoxy) is 2. The molecule has 0 atom stereocenters. The second kappa shape index (κ2) is 1.76. The van der Waals surface area contributed by atoms with Crippen LogP contribution in [-0.4, -0.2) is 30.8 Å². The summed E-state index contributed by atoms with van der Waals surface area (Å²) in [4.78, 5) is 11.1. The number of rotatable bonds is 1. The molecule has 0 aromatic heterocycles. The topological polar surface area (TPSA) is 61.5 Å². The van der Waals surface area contributed by atoms with Gasteiger partial charge in [0.2, 0.25) is 0 Å². The molecule has 62 valence electrons. The third kappa shape index (κ3) is 0.736. The normalized spacial score (nSPS) is 46.7. The van der Waals surface area contributed by atoms with Gasteiger partial charge in [0, 0.05) is 18.4 Å². The fourth-order valence-corrected chi connectivity index (χ4v) is 1.96. The van der Waals surface area contributed by atoms with Gasteiger partial charge in [-0.3, -0.25) is 0 Å². The Morgan fingerprint density at radius 3 is 2.64 bits per heavy atom. The molecule has 4 heteroatoms. The summed E-state index contributed by atoms with van der Waals surface area (Å²) in [7, 11) is 1.37. The highest BCUT2D eigenvalue weighted by Gasteiger charge is 2.65. The molecule has 0 spiro atoms. The summed E-state index contributed by atoms with van der Waals surface area (Å²) in [5.41, 5.74) is 4.87. The summed E-state index contributed by atoms with van der Waals surface area (Å²) < 4.78 is 9.87. The zero-order valence-corrected chi connectivity index (χ0v) is 6.42. The van der Waals surface area contributed by atoms with E-state index in [1.807, 2.05) is 0 Å². The number of hydrogen-bond donors (Lipinski definition) is 1. The maximum absolute atomic E-state index is 11.1. The molecular formula is C7H11NO3. The Bertz CT molecular complexity index is 208. The molecule has 11 heavy (non-hydrogen) atoms. The minimum Gasteiger partial charge on any atom is -0.467 e. The van der Waals surface area contributed by atoms with Gasteiger partial charge < -0.3 is 15.2 Å². The van der Waals surface area contributed by atoms with Crippen LogP contribution in [0, 0.1) is 0 Å². The number of methoxy groups -OCH3 is 1. The summed E-state index contributed by atoms with van der Waals surface area (Å²) in [6, 6.07) is 0. The summed E-state index contributed by atoms with van der Waals surface area (Å²) >= 11 is 0. The predicted octanol–water partition coefficient (Wildman–Crippen LogP) is -0.580. The maximum Gasteiger partial charge on any atom is 0.338 e. The van der Waals surface area contributed by atoms with Gasteiger partial charge in [-0.05, 0) is 0 Å². The van der Waals surface area contributed by atoms with Crippen molar-refractivity contribution < 1.29 is 14.3 Å². The minimum absolute atomic E-state index is 0.242. The molecule has 0 aromatic rings. The number of carbonyl (C=O) groups is 1. The van der Waals surface area contributed by atoms with Crippen LogP contribution in [0.5, 0.6) is 0 Å². The van der Waals surface area contributed by atoms with Crippen LogP contribution >= 0.6 is 0 Å². The molecule has 2 N–H and O–H groups in total. The van der Waals surface area contributed by atoms with Gasteiger partial charge in [0.1, 0.15) is 0 Å². The van der Waals surface area contributed by atoms with Crippen molar-refractivity contribution in [2.45, 2.75) is 24.0 Å². The number of nitrogens with two attached hydrogens (primary N) is 1. The molecule has 2 bridgehead atoms. The molecule has 0 radical (unpaired) electrons. The van der Waals surface area contributed by atoms with E-state index in [2.05, 4.69) is 4.74 Å². The Balaban J connectivity index is 2.13. The summed E-state index contributed by atoms with van der Waals surface area (Å²) in [5.74, 6) is -0.281. The van der Waals surface area contributed by atoms with Crippen LogP contribution < -0.4 is 5.73 Å². The first-order valence-electron chi connectivity index (χ1n) is 3.62. The second-order valence-electron chi connectivity index (χ2n) is 3.49. The summed E-state index contributed by atoms with van der Waals surface area (Å²) in [6.07, 6.45) is 1.24. The van der Waals surface area contributed by atoms with Crippen LogP contribution in [0.1, 0.15) is 12.8 Å². The molecule has 3 fully saturated rings. The number of carbonyl (C=O) groups excluding carboxylic acids is 1. The van der Waals surface area contributed by atoms with E-state index in [0.29, 0.717) is 19.4 Å². The monoisotopic (exact) mass is 157 g/mol. The first-order chi connectivity index (χ1) is 5.10. The average molecular weight is 157 g/mol. The van der Waals surface area contributed by atoms with Crippen LogP contribution in [-0.2, 0) is 14.3 Å². The van der Waals surface area contributed by atoms with E-state index >= 15 is 0 Å². The third-order valence-electron chi connectivity index (χ3n) is 2.47. The standard InChI is InChI=1S/C7H11NO3/c1-10-5(9)7-2-6(8,3-7)4-11-7/h2-4,8H2,1H3. The van der Waals surface area contributed by atoms with Gasteiger partial charge in [-0.1, -0.05) is 0 Å². The minimum atomic E-state index is -0.677. The number of hydrogen-bond acceptors (Lipinski definition) is 4. The van der Waals surface area contributed by atoms with Gasteiger partial charge in [-0.25, -0.2) is 4.79 Å². The highest BCUT2D eigenvalue weighted by Crippen LogP contribution is 2.50. The van der Waals surface area contributed by atoms with Crippen LogP contribution in [0.4, 0.5) is 0 Å². The van der Waals surface area contributed by atoms with E-state index in [-0.39, 0.29) is 11.5 Å². The maximum atomic E-state index is 11.1. The van der Waals surface area contributed by atoms with Crippen molar-refractivity contribution in [3.63, 3.8) is 0 Å².